The number of benzene rings is 2. The SMILES string of the molecule is Cc1c(C)c2c(c(C)c1OC(=O)CCC(=O)O)CCC(C)(COc1ccc(C=C3SC(=O)NC3=O)cc1)O2. The zero-order valence-corrected chi connectivity index (χ0v) is 22.5. The van der Waals surface area contributed by atoms with Crippen molar-refractivity contribution < 1.29 is 38.5 Å². The minimum Gasteiger partial charge on any atom is -0.489 e. The van der Waals surface area contributed by atoms with Gasteiger partial charge in [0.05, 0.1) is 17.7 Å². The van der Waals surface area contributed by atoms with Crippen molar-refractivity contribution >= 4 is 40.9 Å². The fourth-order valence-electron chi connectivity index (χ4n) is 4.38. The summed E-state index contributed by atoms with van der Waals surface area (Å²) in [4.78, 5) is 46.4. The van der Waals surface area contributed by atoms with E-state index in [1.54, 1.807) is 18.2 Å². The number of fused-ring (bicyclic) bond motifs is 1. The summed E-state index contributed by atoms with van der Waals surface area (Å²) >= 11 is 0.873. The molecule has 2 aromatic rings. The number of nitrogens with one attached hydrogen (secondary N) is 1. The van der Waals surface area contributed by atoms with Crippen LogP contribution in [0.2, 0.25) is 0 Å². The molecule has 1 atom stereocenters. The number of esters is 1. The molecule has 2 heterocycles. The fourth-order valence-corrected chi connectivity index (χ4v) is 5.06. The van der Waals surface area contributed by atoms with E-state index in [4.69, 9.17) is 19.3 Å². The maximum Gasteiger partial charge on any atom is 0.311 e. The van der Waals surface area contributed by atoms with Gasteiger partial charge in [0.1, 0.15) is 29.5 Å². The lowest BCUT2D eigenvalue weighted by molar-refractivity contribution is -0.142. The van der Waals surface area contributed by atoms with E-state index in [1.165, 1.54) is 0 Å². The van der Waals surface area contributed by atoms with Crippen LogP contribution in [0.15, 0.2) is 29.2 Å². The molecule has 0 bridgehead atoms. The second kappa shape index (κ2) is 10.9. The number of amides is 2. The van der Waals surface area contributed by atoms with Crippen LogP contribution in [-0.4, -0.2) is 40.4 Å². The molecule has 0 aromatic heterocycles. The Morgan fingerprint density at radius 3 is 2.45 bits per heavy atom. The number of ether oxygens (including phenoxy) is 3. The first-order valence-corrected chi connectivity index (χ1v) is 13.0. The summed E-state index contributed by atoms with van der Waals surface area (Å²) in [6.07, 6.45) is 2.57. The van der Waals surface area contributed by atoms with Gasteiger partial charge in [-0.05, 0) is 92.8 Å². The van der Waals surface area contributed by atoms with Crippen LogP contribution in [-0.2, 0) is 20.8 Å². The van der Waals surface area contributed by atoms with E-state index in [2.05, 4.69) is 5.32 Å². The van der Waals surface area contributed by atoms with Gasteiger partial charge in [-0.15, -0.1) is 0 Å². The summed E-state index contributed by atoms with van der Waals surface area (Å²) in [5.41, 5.74) is 3.61. The second-order valence-corrected chi connectivity index (χ2v) is 10.7. The predicted molar refractivity (Wildman–Crippen MR) is 142 cm³/mol. The summed E-state index contributed by atoms with van der Waals surface area (Å²) in [5, 5.41) is 10.7. The number of thioether (sulfide) groups is 1. The maximum absolute atomic E-state index is 12.2. The van der Waals surface area contributed by atoms with Crippen molar-refractivity contribution in [2.45, 2.75) is 59.0 Å². The highest BCUT2D eigenvalue weighted by molar-refractivity contribution is 8.18. The first kappa shape index (κ1) is 27.3. The van der Waals surface area contributed by atoms with Crippen molar-refractivity contribution in [3.05, 3.63) is 57.0 Å². The Kier molecular flexibility index (Phi) is 7.82. The number of carbonyl (C=O) groups excluding carboxylic acids is 3. The molecule has 1 fully saturated rings. The van der Waals surface area contributed by atoms with Crippen molar-refractivity contribution in [3.63, 3.8) is 0 Å². The Hall–Kier alpha value is -3.79. The highest BCUT2D eigenvalue weighted by Gasteiger charge is 2.36. The van der Waals surface area contributed by atoms with Crippen LogP contribution in [0.1, 0.15) is 54.0 Å². The molecule has 0 radical (unpaired) electrons. The average molecular weight is 540 g/mol. The van der Waals surface area contributed by atoms with E-state index in [-0.39, 0.29) is 18.1 Å². The smallest absolute Gasteiger partial charge is 0.311 e. The Bertz CT molecular complexity index is 1350. The van der Waals surface area contributed by atoms with Gasteiger partial charge in [0.2, 0.25) is 0 Å². The van der Waals surface area contributed by atoms with E-state index in [1.807, 2.05) is 39.8 Å². The van der Waals surface area contributed by atoms with E-state index in [0.29, 0.717) is 35.9 Å². The highest BCUT2D eigenvalue weighted by Crippen LogP contribution is 2.44. The lowest BCUT2D eigenvalue weighted by Crippen LogP contribution is -2.42. The maximum atomic E-state index is 12.2. The predicted octanol–water partition coefficient (Wildman–Crippen LogP) is 4.87. The molecule has 10 heteroatoms. The third kappa shape index (κ3) is 6.02. The molecule has 4 rings (SSSR count). The number of hydrogen-bond acceptors (Lipinski definition) is 8. The second-order valence-electron chi connectivity index (χ2n) is 9.64. The number of aliphatic carboxylic acids is 1. The normalized spacial score (nSPS) is 19.5. The lowest BCUT2D eigenvalue weighted by atomic mass is 9.87. The Labute approximate surface area is 224 Å². The Morgan fingerprint density at radius 1 is 1.11 bits per heavy atom. The molecule has 38 heavy (non-hydrogen) atoms. The Balaban J connectivity index is 1.43. The zero-order valence-electron chi connectivity index (χ0n) is 21.6. The molecule has 9 nitrogen and oxygen atoms in total. The van der Waals surface area contributed by atoms with Crippen LogP contribution < -0.4 is 19.5 Å². The summed E-state index contributed by atoms with van der Waals surface area (Å²) in [6.45, 7) is 7.95. The van der Waals surface area contributed by atoms with Crippen LogP contribution in [0.3, 0.4) is 0 Å². The lowest BCUT2D eigenvalue weighted by Gasteiger charge is -2.37. The molecule has 2 amide bonds. The quantitative estimate of drug-likeness (QED) is 0.274. The molecule has 200 valence electrons. The first-order chi connectivity index (χ1) is 18.0. The van der Waals surface area contributed by atoms with Crippen molar-refractivity contribution in [1.29, 1.82) is 0 Å². The van der Waals surface area contributed by atoms with Crippen LogP contribution in [0.5, 0.6) is 17.2 Å². The van der Waals surface area contributed by atoms with Gasteiger partial charge in [-0.3, -0.25) is 24.5 Å². The molecule has 2 aliphatic rings. The summed E-state index contributed by atoms with van der Waals surface area (Å²) in [7, 11) is 0. The van der Waals surface area contributed by atoms with E-state index in [0.717, 1.165) is 45.3 Å². The number of carboxylic acids is 1. The number of imide groups is 1. The van der Waals surface area contributed by atoms with E-state index < -0.39 is 23.4 Å². The third-order valence-electron chi connectivity index (χ3n) is 6.69. The first-order valence-electron chi connectivity index (χ1n) is 12.2. The number of hydrogen-bond donors (Lipinski definition) is 2. The molecule has 0 saturated carbocycles. The number of rotatable bonds is 8. The standard InChI is InChI=1S/C28H29NO8S/c1-15-16(2)25-20(17(3)24(15)36-23(32)10-9-22(30)31)11-12-28(4,37-25)14-35-19-7-5-18(6-8-19)13-21-26(33)29-27(34)38-21/h5-8,13H,9-12,14H2,1-4H3,(H,30,31)(H,29,33,34). The van der Waals surface area contributed by atoms with Crippen molar-refractivity contribution in [2.24, 2.45) is 0 Å². The molecule has 2 N–H and O–H groups in total. The molecule has 1 saturated heterocycles. The molecular weight excluding hydrogens is 510 g/mol. The molecule has 0 spiro atoms. The fraction of sp³-hybridized carbons (Fsp3) is 0.357. The van der Waals surface area contributed by atoms with E-state index >= 15 is 0 Å². The largest absolute Gasteiger partial charge is 0.489 e. The van der Waals surface area contributed by atoms with E-state index in [9.17, 15) is 19.2 Å². The molecule has 2 aromatic carbocycles. The van der Waals surface area contributed by atoms with Crippen molar-refractivity contribution in [1.82, 2.24) is 5.32 Å². The Morgan fingerprint density at radius 2 is 1.82 bits per heavy atom. The molecule has 1 unspecified atom stereocenters. The van der Waals surface area contributed by atoms with Gasteiger partial charge in [0, 0.05) is 5.56 Å². The van der Waals surface area contributed by atoms with Gasteiger partial charge in [0.25, 0.3) is 11.1 Å². The van der Waals surface area contributed by atoms with Gasteiger partial charge in [-0.2, -0.15) is 0 Å². The molecule has 0 aliphatic carbocycles. The number of carbonyl (C=O) groups is 4. The van der Waals surface area contributed by atoms with Gasteiger partial charge in [-0.1, -0.05) is 12.1 Å². The molecule has 2 aliphatic heterocycles. The average Bonchev–Trinajstić information content (AvgIpc) is 3.19. The topological polar surface area (TPSA) is 128 Å². The summed E-state index contributed by atoms with van der Waals surface area (Å²) < 4.78 is 18.1. The summed E-state index contributed by atoms with van der Waals surface area (Å²) in [5.74, 6) is -0.147. The highest BCUT2D eigenvalue weighted by atomic mass is 32.2. The zero-order chi connectivity index (χ0) is 27.6. The van der Waals surface area contributed by atoms with Crippen LogP contribution >= 0.6 is 11.8 Å². The van der Waals surface area contributed by atoms with Gasteiger partial charge in [-0.25, -0.2) is 0 Å². The van der Waals surface area contributed by atoms with Crippen molar-refractivity contribution in [3.8, 4) is 17.2 Å². The van der Waals surface area contributed by atoms with Gasteiger partial charge >= 0.3 is 11.9 Å². The summed E-state index contributed by atoms with van der Waals surface area (Å²) in [6, 6.07) is 7.23. The van der Waals surface area contributed by atoms with Crippen LogP contribution in [0.25, 0.3) is 6.08 Å². The molecular formula is C28H29NO8S. The third-order valence-corrected chi connectivity index (χ3v) is 7.50. The minimum atomic E-state index is -1.05. The minimum absolute atomic E-state index is 0.192. The van der Waals surface area contributed by atoms with Crippen LogP contribution in [0.4, 0.5) is 4.79 Å². The van der Waals surface area contributed by atoms with Gasteiger partial charge in [0.15, 0.2) is 0 Å². The number of carboxylic acid groups (broad SMARTS) is 1. The van der Waals surface area contributed by atoms with Gasteiger partial charge < -0.3 is 19.3 Å². The monoisotopic (exact) mass is 539 g/mol. The van der Waals surface area contributed by atoms with Crippen LogP contribution in [0, 0.1) is 20.8 Å². The van der Waals surface area contributed by atoms with Crippen molar-refractivity contribution in [2.75, 3.05) is 6.61 Å².